The van der Waals surface area contributed by atoms with Crippen LogP contribution in [-0.4, -0.2) is 30.1 Å². The van der Waals surface area contributed by atoms with Crippen molar-refractivity contribution in [1.29, 1.82) is 0 Å². The van der Waals surface area contributed by atoms with E-state index in [1.54, 1.807) is 6.26 Å². The molecule has 0 saturated heterocycles. The molecule has 0 aliphatic heterocycles. The van der Waals surface area contributed by atoms with E-state index in [0.717, 1.165) is 25.4 Å². The van der Waals surface area contributed by atoms with Crippen LogP contribution in [0.4, 0.5) is 0 Å². The molecular weight excluding hydrogens is 238 g/mol. The Kier molecular flexibility index (Phi) is 4.82. The molecule has 0 radical (unpaired) electrons. The molecule has 1 atom stereocenters. The smallest absolute Gasteiger partial charge is 0.122 e. The van der Waals surface area contributed by atoms with Gasteiger partial charge in [-0.25, -0.2) is 0 Å². The number of aryl methyl sites for hydroxylation is 1. The van der Waals surface area contributed by atoms with E-state index in [0.29, 0.717) is 0 Å². The molecule has 1 N–H and O–H groups in total. The van der Waals surface area contributed by atoms with Gasteiger partial charge in [0.25, 0.3) is 0 Å². The molecule has 1 unspecified atom stereocenters. The van der Waals surface area contributed by atoms with Gasteiger partial charge in [0.1, 0.15) is 5.76 Å². The zero-order chi connectivity index (χ0) is 13.7. The van der Waals surface area contributed by atoms with E-state index in [9.17, 15) is 0 Å². The predicted molar refractivity (Wildman–Crippen MR) is 76.9 cm³/mol. The van der Waals surface area contributed by atoms with E-state index in [-0.39, 0.29) is 6.04 Å². The van der Waals surface area contributed by atoms with Crippen molar-refractivity contribution in [2.45, 2.75) is 26.1 Å². The first-order chi connectivity index (χ1) is 9.22. The minimum Gasteiger partial charge on any atom is -0.468 e. The number of hydrogen-bond acceptors (Lipinski definition) is 3. The van der Waals surface area contributed by atoms with Crippen LogP contribution < -0.4 is 5.32 Å². The van der Waals surface area contributed by atoms with Gasteiger partial charge in [0.15, 0.2) is 0 Å². The highest BCUT2D eigenvalue weighted by atomic mass is 16.3. The average Bonchev–Trinajstić information content (AvgIpc) is 3.05. The molecule has 2 aromatic rings. The summed E-state index contributed by atoms with van der Waals surface area (Å²) in [6, 6.07) is 8.49. The summed E-state index contributed by atoms with van der Waals surface area (Å²) >= 11 is 0. The second kappa shape index (κ2) is 6.59. The number of nitrogens with one attached hydrogen (secondary N) is 1. The molecule has 2 aromatic heterocycles. The lowest BCUT2D eigenvalue weighted by Gasteiger charge is -2.22. The van der Waals surface area contributed by atoms with E-state index in [4.69, 9.17) is 4.42 Å². The van der Waals surface area contributed by atoms with Crippen LogP contribution in [-0.2, 0) is 13.1 Å². The van der Waals surface area contributed by atoms with E-state index in [1.165, 1.54) is 5.69 Å². The summed E-state index contributed by atoms with van der Waals surface area (Å²) in [5, 5.41) is 3.51. The van der Waals surface area contributed by atoms with Gasteiger partial charge in [0.2, 0.25) is 0 Å². The molecule has 0 saturated carbocycles. The third-order valence-corrected chi connectivity index (χ3v) is 3.40. The van der Waals surface area contributed by atoms with Crippen LogP contribution in [0.5, 0.6) is 0 Å². The summed E-state index contributed by atoms with van der Waals surface area (Å²) in [5.74, 6) is 1.00. The van der Waals surface area contributed by atoms with Crippen LogP contribution >= 0.6 is 0 Å². The van der Waals surface area contributed by atoms with Gasteiger partial charge in [0.05, 0.1) is 12.3 Å². The molecule has 0 amide bonds. The number of furan rings is 1. The third kappa shape index (κ3) is 3.49. The zero-order valence-electron chi connectivity index (χ0n) is 12.0. The van der Waals surface area contributed by atoms with Gasteiger partial charge in [-0.05, 0) is 45.3 Å². The summed E-state index contributed by atoms with van der Waals surface area (Å²) in [7, 11) is 4.15. The minimum atomic E-state index is 0.264. The average molecular weight is 261 g/mol. The first kappa shape index (κ1) is 13.9. The quantitative estimate of drug-likeness (QED) is 0.831. The van der Waals surface area contributed by atoms with Crippen molar-refractivity contribution in [3.8, 4) is 0 Å². The van der Waals surface area contributed by atoms with Gasteiger partial charge in [-0.2, -0.15) is 0 Å². The Morgan fingerprint density at radius 1 is 1.32 bits per heavy atom. The molecule has 2 rings (SSSR count). The van der Waals surface area contributed by atoms with Crippen LogP contribution in [0.2, 0.25) is 0 Å². The molecule has 0 aliphatic rings. The largest absolute Gasteiger partial charge is 0.468 e. The maximum atomic E-state index is 5.50. The highest BCUT2D eigenvalue weighted by molar-refractivity contribution is 5.08. The second-order valence-electron chi connectivity index (χ2n) is 4.91. The minimum absolute atomic E-state index is 0.264. The van der Waals surface area contributed by atoms with E-state index in [1.807, 2.05) is 12.1 Å². The van der Waals surface area contributed by atoms with Crippen LogP contribution in [0.1, 0.15) is 24.4 Å². The van der Waals surface area contributed by atoms with Gasteiger partial charge in [0, 0.05) is 31.5 Å². The van der Waals surface area contributed by atoms with Crippen molar-refractivity contribution in [2.75, 3.05) is 20.6 Å². The van der Waals surface area contributed by atoms with Gasteiger partial charge < -0.3 is 14.3 Å². The lowest BCUT2D eigenvalue weighted by atomic mass is 10.2. The van der Waals surface area contributed by atoms with Crippen LogP contribution in [0.15, 0.2) is 41.1 Å². The summed E-state index contributed by atoms with van der Waals surface area (Å²) in [6.45, 7) is 4.93. The summed E-state index contributed by atoms with van der Waals surface area (Å²) < 4.78 is 7.76. The number of aromatic nitrogens is 1. The molecule has 0 aliphatic carbocycles. The van der Waals surface area contributed by atoms with Gasteiger partial charge >= 0.3 is 0 Å². The van der Waals surface area contributed by atoms with Crippen molar-refractivity contribution < 1.29 is 4.42 Å². The summed E-state index contributed by atoms with van der Waals surface area (Å²) in [6.07, 6.45) is 3.85. The molecule has 2 heterocycles. The Labute approximate surface area is 115 Å². The fourth-order valence-corrected chi connectivity index (χ4v) is 2.27. The molecule has 4 nitrogen and oxygen atoms in total. The maximum Gasteiger partial charge on any atom is 0.122 e. The highest BCUT2D eigenvalue weighted by Gasteiger charge is 2.16. The molecule has 19 heavy (non-hydrogen) atoms. The fourth-order valence-electron chi connectivity index (χ4n) is 2.27. The first-order valence-corrected chi connectivity index (χ1v) is 6.77. The van der Waals surface area contributed by atoms with Crippen molar-refractivity contribution in [3.05, 3.63) is 48.2 Å². The number of nitrogens with zero attached hydrogens (tertiary/aromatic N) is 2. The van der Waals surface area contributed by atoms with Crippen LogP contribution in [0.25, 0.3) is 0 Å². The Bertz CT molecular complexity index is 473. The lowest BCUT2D eigenvalue weighted by Crippen LogP contribution is -2.31. The standard InChI is InChI=1S/C15H23N3O/c1-4-18-9-5-7-13(18)11-16-12-14(17(2)3)15-8-6-10-19-15/h5-10,14,16H,4,11-12H2,1-3H3. The first-order valence-electron chi connectivity index (χ1n) is 6.77. The molecular formula is C15H23N3O. The SMILES string of the molecule is CCn1cccc1CNCC(c1ccco1)N(C)C. The van der Waals surface area contributed by atoms with E-state index >= 15 is 0 Å². The Morgan fingerprint density at radius 2 is 2.16 bits per heavy atom. The number of hydrogen-bond donors (Lipinski definition) is 1. The molecule has 4 heteroatoms. The van der Waals surface area contributed by atoms with Gasteiger partial charge in [-0.15, -0.1) is 0 Å². The predicted octanol–water partition coefficient (Wildman–Crippen LogP) is 2.49. The molecule has 0 aromatic carbocycles. The lowest BCUT2D eigenvalue weighted by molar-refractivity contribution is 0.249. The van der Waals surface area contributed by atoms with Crippen molar-refractivity contribution in [3.63, 3.8) is 0 Å². The normalized spacial score (nSPS) is 13.1. The molecule has 104 valence electrons. The number of likely N-dealkylation sites (N-methyl/N-ethyl adjacent to an activating group) is 1. The van der Waals surface area contributed by atoms with Gasteiger partial charge in [-0.3, -0.25) is 4.90 Å². The molecule has 0 spiro atoms. The fraction of sp³-hybridized carbons (Fsp3) is 0.467. The third-order valence-electron chi connectivity index (χ3n) is 3.40. The van der Waals surface area contributed by atoms with Crippen molar-refractivity contribution >= 4 is 0 Å². The maximum absolute atomic E-state index is 5.50. The van der Waals surface area contributed by atoms with Gasteiger partial charge in [-0.1, -0.05) is 0 Å². The zero-order valence-corrected chi connectivity index (χ0v) is 12.0. The van der Waals surface area contributed by atoms with E-state index in [2.05, 4.69) is 54.1 Å². The second-order valence-corrected chi connectivity index (χ2v) is 4.91. The topological polar surface area (TPSA) is 33.3 Å². The molecule has 0 bridgehead atoms. The summed E-state index contributed by atoms with van der Waals surface area (Å²) in [4.78, 5) is 2.17. The van der Waals surface area contributed by atoms with E-state index < -0.39 is 0 Å². The van der Waals surface area contributed by atoms with Crippen molar-refractivity contribution in [1.82, 2.24) is 14.8 Å². The molecule has 0 fully saturated rings. The van der Waals surface area contributed by atoms with Crippen LogP contribution in [0.3, 0.4) is 0 Å². The van der Waals surface area contributed by atoms with Crippen LogP contribution in [0, 0.1) is 0 Å². The number of rotatable bonds is 7. The Morgan fingerprint density at radius 3 is 2.79 bits per heavy atom. The Hall–Kier alpha value is -1.52. The summed E-state index contributed by atoms with van der Waals surface area (Å²) in [5.41, 5.74) is 1.32. The van der Waals surface area contributed by atoms with Crippen molar-refractivity contribution in [2.24, 2.45) is 0 Å². The Balaban J connectivity index is 1.90. The monoisotopic (exact) mass is 261 g/mol. The highest BCUT2D eigenvalue weighted by Crippen LogP contribution is 2.17.